The number of carbonyl (C=O) groups is 2. The standard InChI is InChI=1S/C22H15N3O5/c26-20(15-5-2-1-3-6-15)18-19(14-8-10-16(11-9-14)25(29)30)24(22(28)21(18)27)17-7-4-12-23-13-17/h1-13,19,26H/t19-/m0/s1. The summed E-state index contributed by atoms with van der Waals surface area (Å²) < 4.78 is 0. The summed E-state index contributed by atoms with van der Waals surface area (Å²) in [6, 6.07) is 16.2. The third-order valence-corrected chi connectivity index (χ3v) is 4.84. The fraction of sp³-hybridized carbons (Fsp3) is 0.0455. The Labute approximate surface area is 170 Å². The van der Waals surface area contributed by atoms with Crippen molar-refractivity contribution in [1.82, 2.24) is 4.98 Å². The van der Waals surface area contributed by atoms with Crippen LogP contribution in [0.4, 0.5) is 11.4 Å². The van der Waals surface area contributed by atoms with Gasteiger partial charge in [0.25, 0.3) is 17.4 Å². The monoisotopic (exact) mass is 401 g/mol. The van der Waals surface area contributed by atoms with E-state index >= 15 is 0 Å². The molecule has 0 bridgehead atoms. The number of rotatable bonds is 4. The van der Waals surface area contributed by atoms with Crippen LogP contribution in [0, 0.1) is 10.1 Å². The summed E-state index contributed by atoms with van der Waals surface area (Å²) in [6.45, 7) is 0. The SMILES string of the molecule is O=C1C(=O)N(c2cccnc2)[C@@H](c2ccc([N+](=O)[O-])cc2)C1=C(O)c1ccccc1. The molecule has 4 rings (SSSR count). The molecule has 148 valence electrons. The van der Waals surface area contributed by atoms with E-state index in [9.17, 15) is 24.8 Å². The maximum absolute atomic E-state index is 12.9. The Morgan fingerprint density at radius 2 is 1.70 bits per heavy atom. The van der Waals surface area contributed by atoms with E-state index in [-0.39, 0.29) is 17.0 Å². The lowest BCUT2D eigenvalue weighted by Gasteiger charge is -2.25. The molecule has 1 N–H and O–H groups in total. The van der Waals surface area contributed by atoms with Gasteiger partial charge >= 0.3 is 0 Å². The Bertz CT molecular complexity index is 1160. The van der Waals surface area contributed by atoms with Crippen LogP contribution in [-0.4, -0.2) is 26.7 Å². The van der Waals surface area contributed by atoms with E-state index in [2.05, 4.69) is 4.98 Å². The minimum atomic E-state index is -0.963. The number of amides is 1. The zero-order valence-electron chi connectivity index (χ0n) is 15.5. The molecule has 0 unspecified atom stereocenters. The number of nitrogens with zero attached hydrogens (tertiary/aromatic N) is 3. The van der Waals surface area contributed by atoms with Crippen LogP contribution in [0.3, 0.4) is 0 Å². The number of ketones is 1. The van der Waals surface area contributed by atoms with E-state index in [1.165, 1.54) is 41.6 Å². The normalized spacial score (nSPS) is 17.9. The summed E-state index contributed by atoms with van der Waals surface area (Å²) in [5.41, 5.74) is 0.980. The first-order valence-electron chi connectivity index (χ1n) is 9.00. The van der Waals surface area contributed by atoms with Crippen LogP contribution in [0.2, 0.25) is 0 Å². The van der Waals surface area contributed by atoms with Gasteiger partial charge in [0.05, 0.1) is 28.4 Å². The van der Waals surface area contributed by atoms with Crippen LogP contribution in [0.5, 0.6) is 0 Å². The number of non-ortho nitro benzene ring substituents is 1. The van der Waals surface area contributed by atoms with Crippen LogP contribution in [0.25, 0.3) is 5.76 Å². The molecule has 2 heterocycles. The van der Waals surface area contributed by atoms with Gasteiger partial charge in [-0.1, -0.05) is 30.3 Å². The number of aromatic nitrogens is 1. The third kappa shape index (κ3) is 3.20. The van der Waals surface area contributed by atoms with Crippen molar-refractivity contribution in [3.05, 3.63) is 106 Å². The maximum atomic E-state index is 12.9. The Kier molecular flexibility index (Phi) is 4.81. The fourth-order valence-corrected chi connectivity index (χ4v) is 3.44. The molecule has 1 aliphatic rings. The molecule has 0 aliphatic carbocycles. The molecule has 1 atom stereocenters. The van der Waals surface area contributed by atoms with E-state index in [1.807, 2.05) is 0 Å². The summed E-state index contributed by atoms with van der Waals surface area (Å²) in [5.74, 6) is -1.98. The van der Waals surface area contributed by atoms with E-state index in [4.69, 9.17) is 0 Å². The number of aliphatic hydroxyl groups excluding tert-OH is 1. The van der Waals surface area contributed by atoms with Gasteiger partial charge in [-0.05, 0) is 29.8 Å². The van der Waals surface area contributed by atoms with Crippen molar-refractivity contribution >= 4 is 28.8 Å². The number of aliphatic hydroxyl groups is 1. The van der Waals surface area contributed by atoms with Crippen molar-refractivity contribution in [2.45, 2.75) is 6.04 Å². The topological polar surface area (TPSA) is 114 Å². The number of nitro groups is 1. The van der Waals surface area contributed by atoms with Gasteiger partial charge in [-0.3, -0.25) is 29.6 Å². The minimum absolute atomic E-state index is 0.0936. The molecule has 0 radical (unpaired) electrons. The van der Waals surface area contributed by atoms with Gasteiger partial charge in [-0.25, -0.2) is 0 Å². The van der Waals surface area contributed by atoms with Crippen LogP contribution in [0.15, 0.2) is 84.7 Å². The first-order chi connectivity index (χ1) is 14.5. The molecule has 0 spiro atoms. The predicted octanol–water partition coefficient (Wildman–Crippen LogP) is 3.62. The molecule has 30 heavy (non-hydrogen) atoms. The minimum Gasteiger partial charge on any atom is -0.507 e. The number of Topliss-reactive ketones (excluding diaryl/α,β-unsaturated/α-hetero) is 1. The second-order valence-corrected chi connectivity index (χ2v) is 6.59. The average Bonchev–Trinajstić information content (AvgIpc) is 3.05. The highest BCUT2D eigenvalue weighted by molar-refractivity contribution is 6.51. The Morgan fingerprint density at radius 3 is 2.30 bits per heavy atom. The van der Waals surface area contributed by atoms with Crippen LogP contribution >= 0.6 is 0 Å². The highest BCUT2D eigenvalue weighted by Gasteiger charge is 2.47. The summed E-state index contributed by atoms with van der Waals surface area (Å²) in [4.78, 5) is 41.6. The second kappa shape index (κ2) is 7.59. The highest BCUT2D eigenvalue weighted by atomic mass is 16.6. The number of carbonyl (C=O) groups excluding carboxylic acids is 2. The first-order valence-corrected chi connectivity index (χ1v) is 9.00. The zero-order valence-corrected chi connectivity index (χ0v) is 15.5. The molecular formula is C22H15N3O5. The molecule has 1 aromatic heterocycles. The van der Waals surface area contributed by atoms with E-state index in [1.54, 1.807) is 42.5 Å². The van der Waals surface area contributed by atoms with E-state index in [0.29, 0.717) is 16.8 Å². The summed E-state index contributed by atoms with van der Waals surface area (Å²) in [5, 5.41) is 21.9. The molecule has 1 amide bonds. The number of nitro benzene ring substituents is 1. The summed E-state index contributed by atoms with van der Waals surface area (Å²) in [6.07, 6.45) is 2.97. The number of pyridine rings is 1. The first kappa shape index (κ1) is 19.0. The highest BCUT2D eigenvalue weighted by Crippen LogP contribution is 2.42. The Morgan fingerprint density at radius 1 is 1.00 bits per heavy atom. The second-order valence-electron chi connectivity index (χ2n) is 6.59. The van der Waals surface area contributed by atoms with Crippen molar-refractivity contribution < 1.29 is 19.6 Å². The quantitative estimate of drug-likeness (QED) is 0.235. The van der Waals surface area contributed by atoms with Gasteiger partial charge in [-0.15, -0.1) is 0 Å². The van der Waals surface area contributed by atoms with Crippen molar-refractivity contribution in [1.29, 1.82) is 0 Å². The lowest BCUT2D eigenvalue weighted by Crippen LogP contribution is -2.29. The third-order valence-electron chi connectivity index (χ3n) is 4.84. The van der Waals surface area contributed by atoms with Crippen molar-refractivity contribution in [3.8, 4) is 0 Å². The van der Waals surface area contributed by atoms with Gasteiger partial charge < -0.3 is 5.11 Å². The summed E-state index contributed by atoms with van der Waals surface area (Å²) in [7, 11) is 0. The van der Waals surface area contributed by atoms with Crippen molar-refractivity contribution in [3.63, 3.8) is 0 Å². The van der Waals surface area contributed by atoms with Crippen LogP contribution < -0.4 is 4.90 Å². The lowest BCUT2D eigenvalue weighted by atomic mass is 9.95. The largest absolute Gasteiger partial charge is 0.507 e. The fourth-order valence-electron chi connectivity index (χ4n) is 3.44. The molecule has 1 aliphatic heterocycles. The van der Waals surface area contributed by atoms with E-state index in [0.717, 1.165) is 0 Å². The van der Waals surface area contributed by atoms with Gasteiger partial charge in [0.2, 0.25) is 0 Å². The molecule has 3 aromatic rings. The molecule has 8 heteroatoms. The van der Waals surface area contributed by atoms with Crippen LogP contribution in [0.1, 0.15) is 17.2 Å². The Balaban J connectivity index is 1.93. The van der Waals surface area contributed by atoms with Gasteiger partial charge in [0, 0.05) is 23.9 Å². The smallest absolute Gasteiger partial charge is 0.300 e. The Hall–Kier alpha value is -4.33. The zero-order chi connectivity index (χ0) is 21.3. The van der Waals surface area contributed by atoms with Gasteiger partial charge in [-0.2, -0.15) is 0 Å². The number of hydrogen-bond donors (Lipinski definition) is 1. The van der Waals surface area contributed by atoms with Gasteiger partial charge in [0.1, 0.15) is 5.76 Å². The van der Waals surface area contributed by atoms with Gasteiger partial charge in [0.15, 0.2) is 0 Å². The van der Waals surface area contributed by atoms with Crippen molar-refractivity contribution in [2.75, 3.05) is 4.90 Å². The number of anilines is 1. The average molecular weight is 401 g/mol. The van der Waals surface area contributed by atoms with Crippen molar-refractivity contribution in [2.24, 2.45) is 0 Å². The molecule has 1 fully saturated rings. The molecule has 0 saturated carbocycles. The maximum Gasteiger partial charge on any atom is 0.300 e. The van der Waals surface area contributed by atoms with E-state index < -0.39 is 22.7 Å². The summed E-state index contributed by atoms with van der Waals surface area (Å²) >= 11 is 0. The number of benzene rings is 2. The molecular weight excluding hydrogens is 386 g/mol. The molecule has 2 aromatic carbocycles. The predicted molar refractivity (Wildman–Crippen MR) is 109 cm³/mol. The lowest BCUT2D eigenvalue weighted by molar-refractivity contribution is -0.384. The molecule has 8 nitrogen and oxygen atoms in total. The van der Waals surface area contributed by atoms with Crippen LogP contribution in [-0.2, 0) is 9.59 Å². The number of hydrogen-bond acceptors (Lipinski definition) is 6. The molecule has 1 saturated heterocycles.